The summed E-state index contributed by atoms with van der Waals surface area (Å²) in [4.78, 5) is 9.19. The minimum Gasteiger partial charge on any atom is -0.353 e. The van der Waals surface area contributed by atoms with Crippen molar-refractivity contribution in [3.63, 3.8) is 0 Å². The van der Waals surface area contributed by atoms with Crippen LogP contribution in [0.1, 0.15) is 5.69 Å². The van der Waals surface area contributed by atoms with E-state index in [1.165, 1.54) is 0 Å². The van der Waals surface area contributed by atoms with Crippen LogP contribution in [0, 0.1) is 0 Å². The van der Waals surface area contributed by atoms with Crippen LogP contribution in [0.15, 0.2) is 42.9 Å². The van der Waals surface area contributed by atoms with Gasteiger partial charge in [0.1, 0.15) is 12.1 Å². The van der Waals surface area contributed by atoms with E-state index in [9.17, 15) is 0 Å². The lowest BCUT2D eigenvalue weighted by atomic mass is 10.2. The number of anilines is 1. The molecule has 0 amide bonds. The van der Waals surface area contributed by atoms with Gasteiger partial charge in [-0.15, -0.1) is 15.3 Å². The van der Waals surface area contributed by atoms with Gasteiger partial charge < -0.3 is 4.90 Å². The van der Waals surface area contributed by atoms with Gasteiger partial charge >= 0.3 is 0 Å². The molecule has 0 spiro atoms. The Kier molecular flexibility index (Phi) is 3.85. The predicted molar refractivity (Wildman–Crippen MR) is 87.4 cm³/mol. The van der Waals surface area contributed by atoms with E-state index in [0.29, 0.717) is 0 Å². The van der Waals surface area contributed by atoms with Crippen LogP contribution in [0.3, 0.4) is 0 Å². The maximum atomic E-state index is 4.57. The third-order valence-electron chi connectivity index (χ3n) is 4.25. The topological polar surface area (TPSA) is 62.5 Å². The Labute approximate surface area is 134 Å². The highest BCUT2D eigenvalue weighted by molar-refractivity contribution is 5.45. The Morgan fingerprint density at radius 3 is 2.74 bits per heavy atom. The summed E-state index contributed by atoms with van der Waals surface area (Å²) in [7, 11) is 0. The highest BCUT2D eigenvalue weighted by atomic mass is 15.4. The molecule has 0 bridgehead atoms. The summed E-state index contributed by atoms with van der Waals surface area (Å²) in [5.41, 5.74) is 1.94. The molecule has 4 rings (SSSR count). The van der Waals surface area contributed by atoms with Gasteiger partial charge in [-0.1, -0.05) is 6.07 Å². The first-order valence-corrected chi connectivity index (χ1v) is 7.93. The van der Waals surface area contributed by atoms with Crippen molar-refractivity contribution in [1.82, 2.24) is 29.7 Å². The van der Waals surface area contributed by atoms with E-state index in [4.69, 9.17) is 0 Å². The summed E-state index contributed by atoms with van der Waals surface area (Å²) in [6.07, 6.45) is 4.51. The number of hydrogen-bond donors (Lipinski definition) is 0. The van der Waals surface area contributed by atoms with E-state index in [1.807, 2.05) is 30.5 Å². The van der Waals surface area contributed by atoms with Gasteiger partial charge in [-0.05, 0) is 24.3 Å². The lowest BCUT2D eigenvalue weighted by molar-refractivity contribution is 0.259. The first kappa shape index (κ1) is 14.1. The average Bonchev–Trinajstić information content (AvgIpc) is 3.09. The number of aromatic nitrogens is 5. The minimum absolute atomic E-state index is 0.780. The van der Waals surface area contributed by atoms with E-state index in [0.717, 1.165) is 56.3 Å². The second-order valence-electron chi connectivity index (χ2n) is 5.73. The summed E-state index contributed by atoms with van der Waals surface area (Å²) in [5, 5.41) is 12.4. The summed E-state index contributed by atoms with van der Waals surface area (Å²) in [5.74, 6) is 0.988. The maximum absolute atomic E-state index is 4.57. The molecule has 3 aromatic heterocycles. The largest absolute Gasteiger partial charge is 0.353 e. The fourth-order valence-corrected chi connectivity index (χ4v) is 2.91. The monoisotopic (exact) mass is 309 g/mol. The van der Waals surface area contributed by atoms with Gasteiger partial charge in [-0.3, -0.25) is 9.88 Å². The molecule has 23 heavy (non-hydrogen) atoms. The van der Waals surface area contributed by atoms with Crippen LogP contribution in [-0.4, -0.2) is 62.4 Å². The van der Waals surface area contributed by atoms with Crippen molar-refractivity contribution < 1.29 is 0 Å². The molecule has 0 aromatic carbocycles. The molecule has 4 heterocycles. The first-order chi connectivity index (χ1) is 11.4. The first-order valence-electron chi connectivity index (χ1n) is 7.93. The van der Waals surface area contributed by atoms with Gasteiger partial charge in [0, 0.05) is 51.0 Å². The molecule has 1 aliphatic rings. The molecule has 0 saturated carbocycles. The Bertz CT molecular complexity index is 762. The van der Waals surface area contributed by atoms with Crippen LogP contribution >= 0.6 is 0 Å². The molecular weight excluding hydrogens is 290 g/mol. The molecule has 7 nitrogen and oxygen atoms in total. The average molecular weight is 309 g/mol. The zero-order valence-electron chi connectivity index (χ0n) is 12.9. The molecule has 0 unspecified atom stereocenters. The van der Waals surface area contributed by atoms with Crippen LogP contribution < -0.4 is 4.90 Å². The number of piperazine rings is 1. The highest BCUT2D eigenvalue weighted by Crippen LogP contribution is 2.14. The Balaban J connectivity index is 1.33. The smallest absolute Gasteiger partial charge is 0.177 e. The van der Waals surface area contributed by atoms with Crippen molar-refractivity contribution in [1.29, 1.82) is 0 Å². The van der Waals surface area contributed by atoms with Gasteiger partial charge in [-0.2, -0.15) is 4.52 Å². The molecule has 1 saturated heterocycles. The Hall–Kier alpha value is -2.54. The van der Waals surface area contributed by atoms with Gasteiger partial charge in [0.25, 0.3) is 0 Å². The molecule has 0 N–H and O–H groups in total. The number of rotatable bonds is 4. The predicted octanol–water partition coefficient (Wildman–Crippen LogP) is 0.884. The minimum atomic E-state index is 0.780. The van der Waals surface area contributed by atoms with Crippen molar-refractivity contribution in [2.24, 2.45) is 0 Å². The van der Waals surface area contributed by atoms with Crippen molar-refractivity contribution in [2.75, 3.05) is 37.6 Å². The van der Waals surface area contributed by atoms with E-state index in [1.54, 1.807) is 10.8 Å². The standard InChI is InChI=1S/C16H19N7/c1-2-7-17-14(3-1)6-8-21-9-11-22(12-10-21)16-5-4-15-19-18-13-23(15)20-16/h1-5,7,13H,6,8-12H2. The molecule has 0 aliphatic carbocycles. The van der Waals surface area contributed by atoms with E-state index in [2.05, 4.69) is 36.1 Å². The van der Waals surface area contributed by atoms with Crippen LogP contribution in [-0.2, 0) is 6.42 Å². The molecule has 1 fully saturated rings. The van der Waals surface area contributed by atoms with E-state index < -0.39 is 0 Å². The number of fused-ring (bicyclic) bond motifs is 1. The Morgan fingerprint density at radius 2 is 1.91 bits per heavy atom. The second kappa shape index (κ2) is 6.29. The van der Waals surface area contributed by atoms with Gasteiger partial charge in [0.05, 0.1) is 0 Å². The number of pyridine rings is 1. The molecule has 1 aliphatic heterocycles. The van der Waals surface area contributed by atoms with Crippen LogP contribution in [0.5, 0.6) is 0 Å². The zero-order valence-corrected chi connectivity index (χ0v) is 12.9. The van der Waals surface area contributed by atoms with Gasteiger partial charge in [-0.25, -0.2) is 0 Å². The fourth-order valence-electron chi connectivity index (χ4n) is 2.91. The van der Waals surface area contributed by atoms with Crippen LogP contribution in [0.2, 0.25) is 0 Å². The van der Waals surface area contributed by atoms with Crippen LogP contribution in [0.25, 0.3) is 5.65 Å². The van der Waals surface area contributed by atoms with Crippen LogP contribution in [0.4, 0.5) is 5.82 Å². The Morgan fingerprint density at radius 1 is 1.00 bits per heavy atom. The molecular formula is C16H19N7. The summed E-state index contributed by atoms with van der Waals surface area (Å²) >= 11 is 0. The lowest BCUT2D eigenvalue weighted by Crippen LogP contribution is -2.47. The molecule has 3 aromatic rings. The third-order valence-corrected chi connectivity index (χ3v) is 4.25. The van der Waals surface area contributed by atoms with Crippen molar-refractivity contribution >= 4 is 11.5 Å². The van der Waals surface area contributed by atoms with E-state index in [-0.39, 0.29) is 0 Å². The van der Waals surface area contributed by atoms with Crippen molar-refractivity contribution in [3.05, 3.63) is 48.5 Å². The highest BCUT2D eigenvalue weighted by Gasteiger charge is 2.18. The quantitative estimate of drug-likeness (QED) is 0.713. The van der Waals surface area contributed by atoms with Gasteiger partial charge in [0.15, 0.2) is 5.65 Å². The van der Waals surface area contributed by atoms with Crippen molar-refractivity contribution in [2.45, 2.75) is 6.42 Å². The molecule has 0 atom stereocenters. The number of hydrogen-bond acceptors (Lipinski definition) is 6. The lowest BCUT2D eigenvalue weighted by Gasteiger charge is -2.35. The second-order valence-corrected chi connectivity index (χ2v) is 5.73. The third kappa shape index (κ3) is 3.14. The zero-order chi connectivity index (χ0) is 15.5. The SMILES string of the molecule is c1ccc(CCN2CCN(c3ccc4nncn4n3)CC2)nc1. The van der Waals surface area contributed by atoms with Gasteiger partial charge in [0.2, 0.25) is 0 Å². The fraction of sp³-hybridized carbons (Fsp3) is 0.375. The normalized spacial score (nSPS) is 16.1. The summed E-state index contributed by atoms with van der Waals surface area (Å²) in [6.45, 7) is 5.14. The molecule has 118 valence electrons. The number of nitrogens with zero attached hydrogens (tertiary/aromatic N) is 7. The summed E-state index contributed by atoms with van der Waals surface area (Å²) < 4.78 is 1.72. The molecule has 7 heteroatoms. The summed E-state index contributed by atoms with van der Waals surface area (Å²) in [6, 6.07) is 10.1. The van der Waals surface area contributed by atoms with E-state index >= 15 is 0 Å². The maximum Gasteiger partial charge on any atom is 0.177 e. The molecule has 0 radical (unpaired) electrons. The van der Waals surface area contributed by atoms with Crippen molar-refractivity contribution in [3.8, 4) is 0 Å².